The van der Waals surface area contributed by atoms with E-state index in [1.807, 2.05) is 20.8 Å². The van der Waals surface area contributed by atoms with Gasteiger partial charge in [0.2, 0.25) is 12.3 Å². The van der Waals surface area contributed by atoms with Crippen LogP contribution in [0.2, 0.25) is 0 Å². The number of nitrogens with one attached hydrogen (secondary N) is 3. The topological polar surface area (TPSA) is 122 Å². The molecule has 1 aliphatic heterocycles. The van der Waals surface area contributed by atoms with E-state index >= 15 is 0 Å². The van der Waals surface area contributed by atoms with Crippen LogP contribution in [0, 0.1) is 19.7 Å². The first-order chi connectivity index (χ1) is 18.8. The molecule has 0 saturated heterocycles. The molecule has 3 amide bonds. The number of benzene rings is 1. The Morgan fingerprint density at radius 3 is 2.46 bits per heavy atom. The number of ether oxygens (including phenoxy) is 3. The van der Waals surface area contributed by atoms with E-state index in [0.29, 0.717) is 61.0 Å². The van der Waals surface area contributed by atoms with Crippen molar-refractivity contribution >= 4 is 41.2 Å². The molecule has 0 radical (unpaired) electrons. The number of amides is 3. The second-order valence-electron chi connectivity index (χ2n) is 9.08. The highest BCUT2D eigenvalue weighted by atomic mass is 19.1. The fraction of sp³-hybridized carbons (Fsp3) is 0.464. The molecule has 1 aliphatic rings. The zero-order chi connectivity index (χ0) is 28.2. The fourth-order valence-corrected chi connectivity index (χ4v) is 4.26. The number of aromatic amines is 1. The maximum Gasteiger partial charge on any atom is 0.256 e. The summed E-state index contributed by atoms with van der Waals surface area (Å²) in [5, 5.41) is 5.53. The lowest BCUT2D eigenvalue weighted by atomic mass is 10.0. The molecule has 1 aromatic carbocycles. The minimum absolute atomic E-state index is 0.180. The molecule has 0 saturated carbocycles. The first-order valence-corrected chi connectivity index (χ1v) is 13.1. The molecule has 0 aliphatic carbocycles. The summed E-state index contributed by atoms with van der Waals surface area (Å²) in [7, 11) is 0. The second-order valence-corrected chi connectivity index (χ2v) is 9.08. The third kappa shape index (κ3) is 8.47. The van der Waals surface area contributed by atoms with E-state index in [9.17, 15) is 18.8 Å². The van der Waals surface area contributed by atoms with Crippen LogP contribution in [0.5, 0.6) is 0 Å². The minimum Gasteiger partial charge on any atom is -0.379 e. The Balaban J connectivity index is 1.46. The number of anilines is 2. The van der Waals surface area contributed by atoms with Gasteiger partial charge in [-0.1, -0.05) is 6.92 Å². The van der Waals surface area contributed by atoms with E-state index in [1.165, 1.54) is 23.1 Å². The Morgan fingerprint density at radius 2 is 1.77 bits per heavy atom. The number of aryl methyl sites for hydroxylation is 1. The van der Waals surface area contributed by atoms with Crippen molar-refractivity contribution < 1.29 is 33.0 Å². The van der Waals surface area contributed by atoms with Crippen molar-refractivity contribution in [2.75, 3.05) is 62.9 Å². The zero-order valence-electron chi connectivity index (χ0n) is 22.7. The number of H-pyrrole nitrogens is 1. The summed E-state index contributed by atoms with van der Waals surface area (Å²) in [5.74, 6) is -0.942. The van der Waals surface area contributed by atoms with E-state index in [2.05, 4.69) is 15.6 Å². The molecule has 11 heteroatoms. The molecule has 0 unspecified atom stereocenters. The quantitative estimate of drug-likeness (QED) is 0.160. The molecule has 3 N–H and O–H groups in total. The van der Waals surface area contributed by atoms with Crippen molar-refractivity contribution in [1.82, 2.24) is 10.3 Å². The molecule has 0 fully saturated rings. The lowest BCUT2D eigenvalue weighted by molar-refractivity contribution is -0.122. The van der Waals surface area contributed by atoms with Gasteiger partial charge in [0.25, 0.3) is 5.91 Å². The van der Waals surface area contributed by atoms with Gasteiger partial charge >= 0.3 is 0 Å². The number of halogens is 1. The number of carbonyl (C=O) groups excluding carboxylic acids is 3. The summed E-state index contributed by atoms with van der Waals surface area (Å²) >= 11 is 0. The van der Waals surface area contributed by atoms with Gasteiger partial charge in [-0.2, -0.15) is 0 Å². The Kier molecular flexibility index (Phi) is 11.7. The van der Waals surface area contributed by atoms with Crippen molar-refractivity contribution in [1.29, 1.82) is 0 Å². The molecule has 3 rings (SSSR count). The van der Waals surface area contributed by atoms with E-state index in [4.69, 9.17) is 14.2 Å². The van der Waals surface area contributed by atoms with Crippen LogP contribution >= 0.6 is 0 Å². The Labute approximate surface area is 227 Å². The van der Waals surface area contributed by atoms with Gasteiger partial charge in [-0.05, 0) is 50.1 Å². The van der Waals surface area contributed by atoms with Gasteiger partial charge in [0.05, 0.1) is 44.3 Å². The first-order valence-electron chi connectivity index (χ1n) is 13.1. The smallest absolute Gasteiger partial charge is 0.256 e. The van der Waals surface area contributed by atoms with Gasteiger partial charge in [0.15, 0.2) is 0 Å². The van der Waals surface area contributed by atoms with E-state index in [1.54, 1.807) is 6.08 Å². The van der Waals surface area contributed by atoms with E-state index in [-0.39, 0.29) is 37.9 Å². The van der Waals surface area contributed by atoms with Gasteiger partial charge in [-0.3, -0.25) is 14.4 Å². The minimum atomic E-state index is -0.435. The highest BCUT2D eigenvalue weighted by Crippen LogP contribution is 2.35. The third-order valence-corrected chi connectivity index (χ3v) is 6.15. The van der Waals surface area contributed by atoms with Gasteiger partial charge in [0.1, 0.15) is 5.82 Å². The monoisotopic (exact) mass is 544 g/mol. The Morgan fingerprint density at radius 1 is 1.08 bits per heavy atom. The average Bonchev–Trinajstić information content (AvgIpc) is 3.37. The highest BCUT2D eigenvalue weighted by molar-refractivity contribution is 6.34. The molecule has 39 heavy (non-hydrogen) atoms. The highest BCUT2D eigenvalue weighted by Gasteiger charge is 2.26. The largest absolute Gasteiger partial charge is 0.379 e. The summed E-state index contributed by atoms with van der Waals surface area (Å²) < 4.78 is 29.9. The molecule has 2 heterocycles. The third-order valence-electron chi connectivity index (χ3n) is 6.15. The zero-order valence-corrected chi connectivity index (χ0v) is 22.7. The maximum absolute atomic E-state index is 13.8. The molecule has 0 atom stereocenters. The lowest BCUT2D eigenvalue weighted by Crippen LogP contribution is -2.35. The molecule has 212 valence electrons. The molecule has 1 aromatic heterocycles. The predicted molar refractivity (Wildman–Crippen MR) is 147 cm³/mol. The molecule has 2 aromatic rings. The van der Waals surface area contributed by atoms with Crippen molar-refractivity contribution in [2.24, 2.45) is 0 Å². The van der Waals surface area contributed by atoms with Crippen LogP contribution in [0.1, 0.15) is 42.3 Å². The molecular formula is C28H37FN4O6. The number of hydrogen-bond donors (Lipinski definition) is 3. The Hall–Kier alpha value is -3.54. The van der Waals surface area contributed by atoms with Crippen molar-refractivity contribution in [3.8, 4) is 0 Å². The summed E-state index contributed by atoms with van der Waals surface area (Å²) in [6.07, 6.45) is 3.53. The number of hydrogen-bond acceptors (Lipinski definition) is 6. The summed E-state index contributed by atoms with van der Waals surface area (Å²) in [5.41, 5.74) is 4.14. The van der Waals surface area contributed by atoms with Crippen LogP contribution in [-0.4, -0.2) is 75.9 Å². The van der Waals surface area contributed by atoms with Crippen LogP contribution in [0.4, 0.5) is 15.8 Å². The number of fused-ring (bicyclic) bond motifs is 1. The standard InChI is InChI=1S/C28H37FN4O6/c1-4-10-37-12-14-39-15-13-38-11-7-26(35)30-8-9-33(18-34)27-19(2)25(31-20(27)3)17-23-22-16-21(29)5-6-24(22)32-28(23)36/h5-6,16-18,31H,4,7-15H2,1-3H3,(H,30,35)(H,32,36)/b23-17-. The normalized spacial score (nSPS) is 13.4. The molecular weight excluding hydrogens is 507 g/mol. The van der Waals surface area contributed by atoms with Gasteiger partial charge in [0, 0.05) is 48.8 Å². The van der Waals surface area contributed by atoms with Crippen LogP contribution < -0.4 is 15.5 Å². The van der Waals surface area contributed by atoms with Gasteiger partial charge in [-0.25, -0.2) is 4.39 Å². The summed E-state index contributed by atoms with van der Waals surface area (Å²) in [4.78, 5) is 41.3. The maximum atomic E-state index is 13.8. The van der Waals surface area contributed by atoms with E-state index in [0.717, 1.165) is 24.3 Å². The van der Waals surface area contributed by atoms with Gasteiger partial charge in [-0.15, -0.1) is 0 Å². The first kappa shape index (κ1) is 30.0. The SMILES string of the molecule is CCCOCCOCCOCCC(=O)NCCN(C=O)c1c(C)[nH]c(/C=C2\C(=O)Nc3ccc(F)cc32)c1C. The van der Waals surface area contributed by atoms with Crippen molar-refractivity contribution in [2.45, 2.75) is 33.6 Å². The van der Waals surface area contributed by atoms with Crippen LogP contribution in [0.15, 0.2) is 18.2 Å². The van der Waals surface area contributed by atoms with Gasteiger partial charge < -0.3 is 34.7 Å². The summed E-state index contributed by atoms with van der Waals surface area (Å²) in [6, 6.07) is 4.13. The van der Waals surface area contributed by atoms with Crippen LogP contribution in [0.3, 0.4) is 0 Å². The number of carbonyl (C=O) groups is 3. The van der Waals surface area contributed by atoms with E-state index < -0.39 is 5.82 Å². The molecule has 0 bridgehead atoms. The van der Waals surface area contributed by atoms with Crippen molar-refractivity contribution in [3.05, 3.63) is 46.5 Å². The number of nitrogens with zero attached hydrogens (tertiary/aromatic N) is 1. The average molecular weight is 545 g/mol. The molecule has 0 spiro atoms. The number of aromatic nitrogens is 1. The van der Waals surface area contributed by atoms with Crippen molar-refractivity contribution in [3.63, 3.8) is 0 Å². The lowest BCUT2D eigenvalue weighted by Gasteiger charge is -2.19. The fourth-order valence-electron chi connectivity index (χ4n) is 4.26. The van der Waals surface area contributed by atoms with Crippen LogP contribution in [-0.2, 0) is 28.6 Å². The Bertz CT molecular complexity index is 1180. The second kappa shape index (κ2) is 15.2. The summed E-state index contributed by atoms with van der Waals surface area (Å²) in [6.45, 7) is 9.12. The molecule has 10 nitrogen and oxygen atoms in total. The van der Waals surface area contributed by atoms with Crippen LogP contribution in [0.25, 0.3) is 11.6 Å². The number of rotatable bonds is 17. The predicted octanol–water partition coefficient (Wildman–Crippen LogP) is 3.19.